The van der Waals surface area contributed by atoms with Gasteiger partial charge >= 0.3 is 5.97 Å². The predicted molar refractivity (Wildman–Crippen MR) is 120 cm³/mol. The smallest absolute Gasteiger partial charge is 0.341 e. The maximum Gasteiger partial charge on any atom is 0.341 e. The molecule has 9 heteroatoms. The first kappa shape index (κ1) is 22.3. The normalized spacial score (nSPS) is 18.3. The van der Waals surface area contributed by atoms with E-state index < -0.39 is 17.2 Å². The Balaban J connectivity index is 1.49. The number of likely N-dealkylation sites (tertiary alicyclic amines) is 1. The van der Waals surface area contributed by atoms with Crippen molar-refractivity contribution < 1.29 is 19.1 Å². The maximum atomic E-state index is 15.0. The van der Waals surface area contributed by atoms with Gasteiger partial charge in [-0.2, -0.15) is 0 Å². The van der Waals surface area contributed by atoms with Gasteiger partial charge in [-0.3, -0.25) is 14.5 Å². The minimum Gasteiger partial charge on any atom is -0.477 e. The molecule has 32 heavy (non-hydrogen) atoms. The predicted octanol–water partition coefficient (Wildman–Crippen LogP) is 1.85. The molecule has 0 unspecified atom stereocenters. The molecule has 4 rings (SSSR count). The molecule has 0 aliphatic carbocycles. The third-order valence-electron chi connectivity index (χ3n) is 6.75. The minimum absolute atomic E-state index is 0.0910. The van der Waals surface area contributed by atoms with Crippen LogP contribution in [0.4, 0.5) is 10.1 Å². The van der Waals surface area contributed by atoms with Crippen molar-refractivity contribution in [2.45, 2.75) is 26.3 Å². The number of carboxylic acids is 1. The summed E-state index contributed by atoms with van der Waals surface area (Å²) in [4.78, 5) is 41.0. The Labute approximate surface area is 185 Å². The van der Waals surface area contributed by atoms with Gasteiger partial charge in [0.05, 0.1) is 11.2 Å². The van der Waals surface area contributed by atoms with Crippen LogP contribution in [-0.4, -0.2) is 77.7 Å². The fourth-order valence-corrected chi connectivity index (χ4v) is 4.83. The first-order valence-corrected chi connectivity index (χ1v) is 11.2. The molecule has 3 heterocycles. The van der Waals surface area contributed by atoms with Gasteiger partial charge in [0.25, 0.3) is 0 Å². The highest BCUT2D eigenvalue weighted by Crippen LogP contribution is 2.27. The summed E-state index contributed by atoms with van der Waals surface area (Å²) in [6, 6.07) is 2.85. The summed E-state index contributed by atoms with van der Waals surface area (Å²) in [5.41, 5.74) is -0.0171. The molecular formula is C23H29FN4O4. The molecule has 1 N–H and O–H groups in total. The van der Waals surface area contributed by atoms with Gasteiger partial charge in [0.15, 0.2) is 0 Å². The average molecular weight is 445 g/mol. The number of carboxylic acid groups (broad SMARTS) is 1. The van der Waals surface area contributed by atoms with Gasteiger partial charge in [-0.15, -0.1) is 0 Å². The van der Waals surface area contributed by atoms with Crippen molar-refractivity contribution in [1.29, 1.82) is 0 Å². The van der Waals surface area contributed by atoms with E-state index in [4.69, 9.17) is 0 Å². The molecule has 2 fully saturated rings. The Kier molecular flexibility index (Phi) is 6.45. The SMILES string of the molecule is CCn1cc(C(=O)O)c(=O)c2cc(F)c(N3CCN(CC4CCN(C=O)CC4)CC3)cc21. The average Bonchev–Trinajstić information content (AvgIpc) is 2.80. The highest BCUT2D eigenvalue weighted by atomic mass is 19.1. The van der Waals surface area contributed by atoms with Crippen LogP contribution in [-0.2, 0) is 11.3 Å². The van der Waals surface area contributed by atoms with Crippen molar-refractivity contribution >= 4 is 29.0 Å². The number of aromatic carboxylic acids is 1. The van der Waals surface area contributed by atoms with E-state index in [0.29, 0.717) is 36.8 Å². The topological polar surface area (TPSA) is 86.1 Å². The van der Waals surface area contributed by atoms with Crippen LogP contribution in [0.3, 0.4) is 0 Å². The van der Waals surface area contributed by atoms with Crippen LogP contribution in [0.15, 0.2) is 23.1 Å². The van der Waals surface area contributed by atoms with E-state index in [1.54, 1.807) is 10.6 Å². The van der Waals surface area contributed by atoms with E-state index in [-0.39, 0.29) is 10.9 Å². The number of piperidine rings is 1. The summed E-state index contributed by atoms with van der Waals surface area (Å²) in [6.45, 7) is 7.97. The lowest BCUT2D eigenvalue weighted by atomic mass is 9.96. The number of hydrogen-bond donors (Lipinski definition) is 1. The Hall–Kier alpha value is -2.94. The summed E-state index contributed by atoms with van der Waals surface area (Å²) in [7, 11) is 0. The van der Waals surface area contributed by atoms with E-state index in [1.165, 1.54) is 12.3 Å². The second kappa shape index (κ2) is 9.28. The first-order valence-electron chi connectivity index (χ1n) is 11.2. The van der Waals surface area contributed by atoms with Gasteiger partial charge in [0.2, 0.25) is 11.8 Å². The van der Waals surface area contributed by atoms with Crippen LogP contribution in [0.25, 0.3) is 10.9 Å². The lowest BCUT2D eigenvalue weighted by Gasteiger charge is -2.39. The van der Waals surface area contributed by atoms with Gasteiger partial charge in [-0.25, -0.2) is 9.18 Å². The van der Waals surface area contributed by atoms with Crippen molar-refractivity contribution in [3.63, 3.8) is 0 Å². The van der Waals surface area contributed by atoms with Crippen LogP contribution in [0.1, 0.15) is 30.1 Å². The Bertz CT molecular complexity index is 1070. The lowest BCUT2D eigenvalue weighted by Crippen LogP contribution is -2.49. The largest absolute Gasteiger partial charge is 0.477 e. The van der Waals surface area contributed by atoms with E-state index >= 15 is 4.39 Å². The number of anilines is 1. The molecule has 1 aromatic heterocycles. The van der Waals surface area contributed by atoms with Crippen molar-refractivity contribution in [2.24, 2.45) is 5.92 Å². The summed E-state index contributed by atoms with van der Waals surface area (Å²) >= 11 is 0. The Morgan fingerprint density at radius 1 is 1.16 bits per heavy atom. The molecule has 0 atom stereocenters. The number of benzene rings is 1. The molecule has 1 aromatic carbocycles. The monoisotopic (exact) mass is 444 g/mol. The van der Waals surface area contributed by atoms with Crippen LogP contribution >= 0.6 is 0 Å². The van der Waals surface area contributed by atoms with E-state index in [9.17, 15) is 19.5 Å². The third kappa shape index (κ3) is 4.34. The van der Waals surface area contributed by atoms with Gasteiger partial charge in [0, 0.05) is 63.9 Å². The molecule has 0 radical (unpaired) electrons. The Morgan fingerprint density at radius 3 is 2.44 bits per heavy atom. The number of hydrogen-bond acceptors (Lipinski definition) is 5. The van der Waals surface area contributed by atoms with Gasteiger partial charge in [-0.05, 0) is 37.8 Å². The summed E-state index contributed by atoms with van der Waals surface area (Å²) in [6.07, 6.45) is 4.30. The highest BCUT2D eigenvalue weighted by Gasteiger charge is 2.25. The molecule has 2 aliphatic heterocycles. The second-order valence-corrected chi connectivity index (χ2v) is 8.66. The van der Waals surface area contributed by atoms with Crippen LogP contribution in [0, 0.1) is 11.7 Å². The zero-order valence-electron chi connectivity index (χ0n) is 18.3. The standard InChI is InChI=1S/C23H29FN4O4/c1-2-27-14-18(23(31)32)22(30)17-11-19(24)21(12-20(17)27)28-9-7-25(8-10-28)13-16-3-5-26(15-29)6-4-16/h11-12,14-16H,2-10,13H2,1H3,(H,31,32). The number of nitrogens with zero attached hydrogens (tertiary/aromatic N) is 4. The molecule has 0 spiro atoms. The maximum absolute atomic E-state index is 15.0. The number of halogens is 1. The third-order valence-corrected chi connectivity index (χ3v) is 6.75. The van der Waals surface area contributed by atoms with Gasteiger partial charge in [-0.1, -0.05) is 0 Å². The minimum atomic E-state index is -1.31. The quantitative estimate of drug-likeness (QED) is 0.685. The fraction of sp³-hybridized carbons (Fsp3) is 0.522. The number of amides is 1. The molecule has 2 saturated heterocycles. The molecule has 0 bridgehead atoms. The van der Waals surface area contributed by atoms with Crippen molar-refractivity contribution in [2.75, 3.05) is 50.7 Å². The number of carbonyl (C=O) groups is 2. The number of aryl methyl sites for hydroxylation is 1. The lowest BCUT2D eigenvalue weighted by molar-refractivity contribution is -0.119. The Morgan fingerprint density at radius 2 is 1.84 bits per heavy atom. The zero-order chi connectivity index (χ0) is 22.8. The number of piperazine rings is 1. The fourth-order valence-electron chi connectivity index (χ4n) is 4.83. The molecular weight excluding hydrogens is 415 g/mol. The van der Waals surface area contributed by atoms with E-state index in [1.807, 2.05) is 16.7 Å². The van der Waals surface area contributed by atoms with Crippen molar-refractivity contribution in [1.82, 2.24) is 14.4 Å². The van der Waals surface area contributed by atoms with Gasteiger partial charge in [0.1, 0.15) is 11.4 Å². The number of aromatic nitrogens is 1. The van der Waals surface area contributed by atoms with Crippen molar-refractivity contribution in [3.8, 4) is 0 Å². The van der Waals surface area contributed by atoms with Crippen LogP contribution in [0.2, 0.25) is 0 Å². The molecule has 2 aliphatic rings. The number of pyridine rings is 1. The molecule has 2 aromatic rings. The zero-order valence-corrected chi connectivity index (χ0v) is 18.3. The van der Waals surface area contributed by atoms with E-state index in [2.05, 4.69) is 4.90 Å². The first-order chi connectivity index (χ1) is 15.4. The molecule has 8 nitrogen and oxygen atoms in total. The summed E-state index contributed by atoms with van der Waals surface area (Å²) < 4.78 is 16.7. The van der Waals surface area contributed by atoms with Crippen molar-refractivity contribution in [3.05, 3.63) is 39.9 Å². The van der Waals surface area contributed by atoms with Crippen LogP contribution in [0.5, 0.6) is 0 Å². The number of carbonyl (C=O) groups excluding carboxylic acids is 1. The van der Waals surface area contributed by atoms with Crippen LogP contribution < -0.4 is 10.3 Å². The summed E-state index contributed by atoms with van der Waals surface area (Å²) in [5.74, 6) is -1.23. The molecule has 1 amide bonds. The molecule has 0 saturated carbocycles. The van der Waals surface area contributed by atoms with Gasteiger partial charge < -0.3 is 19.5 Å². The summed E-state index contributed by atoms with van der Waals surface area (Å²) in [5, 5.41) is 9.39. The number of fused-ring (bicyclic) bond motifs is 1. The molecule has 172 valence electrons. The van der Waals surface area contributed by atoms with E-state index in [0.717, 1.165) is 52.0 Å². The second-order valence-electron chi connectivity index (χ2n) is 8.66. The number of rotatable bonds is 6. The highest BCUT2D eigenvalue weighted by molar-refractivity contribution is 5.93.